The third-order valence-corrected chi connectivity index (χ3v) is 2.27. The number of hydrogen-bond donors (Lipinski definition) is 1. The second-order valence-corrected chi connectivity index (χ2v) is 2.85. The minimum absolute atomic E-state index is 0.404. The standard InChI is InChI=1S/C7H14O/c1-6-3-2-4-7(6)5-8/h6-8H,2-5H2,1H3/t6-,7?/m0/s1. The molecule has 1 rings (SSSR count). The van der Waals surface area contributed by atoms with E-state index in [4.69, 9.17) is 5.11 Å². The van der Waals surface area contributed by atoms with Crippen LogP contribution < -0.4 is 0 Å². The smallest absolute Gasteiger partial charge is 0.0461 e. The van der Waals surface area contributed by atoms with Crippen molar-refractivity contribution in [1.29, 1.82) is 0 Å². The Kier molecular flexibility index (Phi) is 1.90. The van der Waals surface area contributed by atoms with Gasteiger partial charge in [-0.15, -0.1) is 0 Å². The van der Waals surface area contributed by atoms with Crippen LogP contribution in [0.25, 0.3) is 0 Å². The van der Waals surface area contributed by atoms with Gasteiger partial charge in [0.25, 0.3) is 0 Å². The van der Waals surface area contributed by atoms with E-state index in [0.29, 0.717) is 12.5 Å². The first kappa shape index (κ1) is 6.09. The molecule has 2 atom stereocenters. The van der Waals surface area contributed by atoms with Crippen LogP contribution in [0, 0.1) is 11.8 Å². The lowest BCUT2D eigenvalue weighted by Gasteiger charge is -2.09. The molecule has 1 saturated carbocycles. The van der Waals surface area contributed by atoms with E-state index in [1.165, 1.54) is 19.3 Å². The number of aliphatic hydroxyl groups excluding tert-OH is 1. The molecule has 0 saturated heterocycles. The van der Waals surface area contributed by atoms with Gasteiger partial charge in [0, 0.05) is 6.61 Å². The molecule has 0 radical (unpaired) electrons. The van der Waals surface area contributed by atoms with E-state index in [0.717, 1.165) is 5.92 Å². The molecule has 0 bridgehead atoms. The van der Waals surface area contributed by atoms with Crippen LogP contribution in [-0.2, 0) is 0 Å². The lowest BCUT2D eigenvalue weighted by atomic mass is 10.00. The highest BCUT2D eigenvalue weighted by atomic mass is 16.3. The van der Waals surface area contributed by atoms with Crippen molar-refractivity contribution in [1.82, 2.24) is 0 Å². The molecule has 1 heteroatoms. The summed E-state index contributed by atoms with van der Waals surface area (Å²) >= 11 is 0. The molecule has 1 nitrogen and oxygen atoms in total. The first-order valence-electron chi connectivity index (χ1n) is 3.45. The van der Waals surface area contributed by atoms with Crippen LogP contribution in [0.15, 0.2) is 0 Å². The molecule has 1 N–H and O–H groups in total. The predicted molar refractivity (Wildman–Crippen MR) is 33.6 cm³/mol. The lowest BCUT2D eigenvalue weighted by Crippen LogP contribution is -2.07. The highest BCUT2D eigenvalue weighted by Crippen LogP contribution is 2.30. The SMILES string of the molecule is C[C@H]1CCCC1CO. The Hall–Kier alpha value is -0.0400. The summed E-state index contributed by atoms with van der Waals surface area (Å²) in [6, 6.07) is 0. The Balaban J connectivity index is 2.30. The van der Waals surface area contributed by atoms with Gasteiger partial charge in [0.05, 0.1) is 0 Å². The van der Waals surface area contributed by atoms with Gasteiger partial charge >= 0.3 is 0 Å². The van der Waals surface area contributed by atoms with Crippen LogP contribution in [0.1, 0.15) is 26.2 Å². The van der Waals surface area contributed by atoms with Crippen molar-refractivity contribution in [2.24, 2.45) is 11.8 Å². The predicted octanol–water partition coefficient (Wildman–Crippen LogP) is 1.41. The summed E-state index contributed by atoms with van der Waals surface area (Å²) in [5.74, 6) is 1.40. The zero-order chi connectivity index (χ0) is 5.98. The summed E-state index contributed by atoms with van der Waals surface area (Å²) in [7, 11) is 0. The van der Waals surface area contributed by atoms with Crippen LogP contribution >= 0.6 is 0 Å². The summed E-state index contributed by atoms with van der Waals surface area (Å²) in [5.41, 5.74) is 0. The second-order valence-electron chi connectivity index (χ2n) is 2.85. The van der Waals surface area contributed by atoms with Gasteiger partial charge in [-0.25, -0.2) is 0 Å². The van der Waals surface area contributed by atoms with Crippen molar-refractivity contribution in [3.8, 4) is 0 Å². The van der Waals surface area contributed by atoms with Crippen LogP contribution in [0.2, 0.25) is 0 Å². The third kappa shape index (κ3) is 1.03. The van der Waals surface area contributed by atoms with Gasteiger partial charge in [-0.2, -0.15) is 0 Å². The van der Waals surface area contributed by atoms with Gasteiger partial charge in [0.1, 0.15) is 0 Å². The summed E-state index contributed by atoms with van der Waals surface area (Å²) in [6.07, 6.45) is 3.90. The summed E-state index contributed by atoms with van der Waals surface area (Å²) < 4.78 is 0. The Labute approximate surface area is 50.7 Å². The normalized spacial score (nSPS) is 38.2. The maximum atomic E-state index is 8.74. The van der Waals surface area contributed by atoms with Crippen LogP contribution in [-0.4, -0.2) is 11.7 Å². The van der Waals surface area contributed by atoms with Gasteiger partial charge < -0.3 is 5.11 Å². The van der Waals surface area contributed by atoms with Gasteiger partial charge in [-0.05, 0) is 18.3 Å². The quantitative estimate of drug-likeness (QED) is 0.546. The van der Waals surface area contributed by atoms with Gasteiger partial charge in [-0.1, -0.05) is 19.8 Å². The molecule has 0 aromatic rings. The van der Waals surface area contributed by atoms with E-state index in [1.807, 2.05) is 0 Å². The van der Waals surface area contributed by atoms with E-state index in [1.54, 1.807) is 0 Å². The van der Waals surface area contributed by atoms with E-state index < -0.39 is 0 Å². The largest absolute Gasteiger partial charge is 0.396 e. The number of hydrogen-bond acceptors (Lipinski definition) is 1. The average Bonchev–Trinajstić information content (AvgIpc) is 2.14. The fourth-order valence-corrected chi connectivity index (χ4v) is 1.49. The van der Waals surface area contributed by atoms with Crippen molar-refractivity contribution in [2.75, 3.05) is 6.61 Å². The van der Waals surface area contributed by atoms with Gasteiger partial charge in [-0.3, -0.25) is 0 Å². The Morgan fingerprint density at radius 2 is 2.25 bits per heavy atom. The molecule has 0 spiro atoms. The first-order chi connectivity index (χ1) is 3.84. The number of aliphatic hydroxyl groups is 1. The van der Waals surface area contributed by atoms with Crippen molar-refractivity contribution in [3.63, 3.8) is 0 Å². The molecular weight excluding hydrogens is 100 g/mol. The molecular formula is C7H14O. The molecule has 1 fully saturated rings. The fraction of sp³-hybridized carbons (Fsp3) is 1.00. The monoisotopic (exact) mass is 114 g/mol. The molecule has 48 valence electrons. The van der Waals surface area contributed by atoms with Crippen LogP contribution in [0.4, 0.5) is 0 Å². The molecule has 0 heterocycles. The molecule has 1 aliphatic rings. The van der Waals surface area contributed by atoms with Crippen LogP contribution in [0.5, 0.6) is 0 Å². The maximum absolute atomic E-state index is 8.74. The van der Waals surface area contributed by atoms with E-state index >= 15 is 0 Å². The minimum Gasteiger partial charge on any atom is -0.396 e. The Morgan fingerprint density at radius 1 is 1.50 bits per heavy atom. The molecule has 0 aliphatic heterocycles. The minimum atomic E-state index is 0.404. The van der Waals surface area contributed by atoms with Gasteiger partial charge in [0.15, 0.2) is 0 Å². The molecule has 0 aromatic heterocycles. The van der Waals surface area contributed by atoms with Crippen molar-refractivity contribution in [2.45, 2.75) is 26.2 Å². The van der Waals surface area contributed by atoms with Crippen LogP contribution in [0.3, 0.4) is 0 Å². The molecule has 0 aromatic carbocycles. The summed E-state index contributed by atoms with van der Waals surface area (Å²) in [6.45, 7) is 2.63. The van der Waals surface area contributed by atoms with E-state index in [2.05, 4.69) is 6.92 Å². The average molecular weight is 114 g/mol. The molecule has 0 amide bonds. The highest BCUT2D eigenvalue weighted by Gasteiger charge is 2.21. The zero-order valence-electron chi connectivity index (χ0n) is 5.43. The molecule has 1 unspecified atom stereocenters. The zero-order valence-corrected chi connectivity index (χ0v) is 5.43. The Morgan fingerprint density at radius 3 is 2.50 bits per heavy atom. The summed E-state index contributed by atoms with van der Waals surface area (Å²) in [5, 5.41) is 8.74. The van der Waals surface area contributed by atoms with Crippen molar-refractivity contribution < 1.29 is 5.11 Å². The second kappa shape index (κ2) is 2.49. The fourth-order valence-electron chi connectivity index (χ4n) is 1.49. The molecule has 1 aliphatic carbocycles. The Bertz CT molecular complexity index is 70.8. The highest BCUT2D eigenvalue weighted by molar-refractivity contribution is 4.72. The summed E-state index contributed by atoms with van der Waals surface area (Å²) in [4.78, 5) is 0. The van der Waals surface area contributed by atoms with Crippen molar-refractivity contribution in [3.05, 3.63) is 0 Å². The maximum Gasteiger partial charge on any atom is 0.0461 e. The van der Waals surface area contributed by atoms with Gasteiger partial charge in [0.2, 0.25) is 0 Å². The third-order valence-electron chi connectivity index (χ3n) is 2.27. The van der Waals surface area contributed by atoms with E-state index in [-0.39, 0.29) is 0 Å². The topological polar surface area (TPSA) is 20.2 Å². The number of rotatable bonds is 1. The van der Waals surface area contributed by atoms with E-state index in [9.17, 15) is 0 Å². The first-order valence-corrected chi connectivity index (χ1v) is 3.45. The van der Waals surface area contributed by atoms with Crippen molar-refractivity contribution >= 4 is 0 Å². The lowest BCUT2D eigenvalue weighted by molar-refractivity contribution is 0.201. The molecule has 8 heavy (non-hydrogen) atoms.